The third-order valence-corrected chi connectivity index (χ3v) is 6.63. The average molecular weight is 421 g/mol. The summed E-state index contributed by atoms with van der Waals surface area (Å²) in [6, 6.07) is 14.2. The number of hydrogen-bond acceptors (Lipinski definition) is 4. The first-order valence-corrected chi connectivity index (χ1v) is 11.4. The molecule has 2 aromatic heterocycles. The summed E-state index contributed by atoms with van der Waals surface area (Å²) in [6.45, 7) is 10.2. The van der Waals surface area contributed by atoms with E-state index in [1.54, 1.807) is 11.3 Å². The minimum Gasteiger partial charge on any atom is -0.352 e. The lowest BCUT2D eigenvalue weighted by Crippen LogP contribution is -2.29. The molecular formula is C24H28N4OS. The normalized spacial score (nSPS) is 11.6. The molecule has 0 saturated heterocycles. The van der Waals surface area contributed by atoms with Gasteiger partial charge in [0.05, 0.1) is 15.9 Å². The second-order valence-corrected chi connectivity index (χ2v) is 8.52. The number of aryl methyl sites for hydroxylation is 1. The van der Waals surface area contributed by atoms with Gasteiger partial charge in [0.25, 0.3) is 5.91 Å². The molecule has 0 aliphatic carbocycles. The van der Waals surface area contributed by atoms with Gasteiger partial charge in [-0.3, -0.25) is 9.20 Å². The highest BCUT2D eigenvalue weighted by atomic mass is 32.1. The first kappa shape index (κ1) is 20.6. The predicted molar refractivity (Wildman–Crippen MR) is 125 cm³/mol. The van der Waals surface area contributed by atoms with Crippen molar-refractivity contribution in [3.63, 3.8) is 0 Å². The first-order chi connectivity index (χ1) is 14.6. The molecule has 0 spiro atoms. The van der Waals surface area contributed by atoms with E-state index in [1.165, 1.54) is 5.56 Å². The Kier molecular flexibility index (Phi) is 6.16. The van der Waals surface area contributed by atoms with E-state index in [-0.39, 0.29) is 5.91 Å². The van der Waals surface area contributed by atoms with Crippen LogP contribution in [0.5, 0.6) is 0 Å². The van der Waals surface area contributed by atoms with Crippen molar-refractivity contribution in [1.82, 2.24) is 19.6 Å². The minimum atomic E-state index is -0.0110. The lowest BCUT2D eigenvalue weighted by Gasteiger charge is -2.17. The van der Waals surface area contributed by atoms with Crippen LogP contribution in [0.1, 0.15) is 36.2 Å². The summed E-state index contributed by atoms with van der Waals surface area (Å²) in [4.78, 5) is 20.7. The number of thiazole rings is 1. The number of imidazole rings is 1. The molecule has 2 aromatic carbocycles. The Morgan fingerprint density at radius 3 is 2.73 bits per heavy atom. The fraction of sp³-hybridized carbons (Fsp3) is 0.333. The van der Waals surface area contributed by atoms with Crippen molar-refractivity contribution >= 4 is 32.4 Å². The van der Waals surface area contributed by atoms with Crippen molar-refractivity contribution in [3.05, 3.63) is 59.8 Å². The Hall–Kier alpha value is -2.70. The summed E-state index contributed by atoms with van der Waals surface area (Å²) in [5.41, 5.74) is 5.14. The second-order valence-electron chi connectivity index (χ2n) is 7.51. The Bertz CT molecular complexity index is 1170. The molecule has 1 N–H and O–H groups in total. The van der Waals surface area contributed by atoms with E-state index in [9.17, 15) is 4.79 Å². The van der Waals surface area contributed by atoms with Crippen molar-refractivity contribution in [1.29, 1.82) is 0 Å². The number of aromatic nitrogens is 2. The summed E-state index contributed by atoms with van der Waals surface area (Å²) >= 11 is 1.62. The van der Waals surface area contributed by atoms with Gasteiger partial charge in [0.15, 0.2) is 4.96 Å². The van der Waals surface area contributed by atoms with E-state index >= 15 is 0 Å². The van der Waals surface area contributed by atoms with E-state index in [1.807, 2.05) is 30.3 Å². The number of amides is 1. The number of hydrogen-bond donors (Lipinski definition) is 1. The molecule has 0 bridgehead atoms. The van der Waals surface area contributed by atoms with Crippen LogP contribution in [-0.2, 0) is 0 Å². The standard InChI is InChI=1S/C24H28N4OS/c1-4-27(5-2)14-8-13-25-23(29)18-11-12-21-22(15-18)30-24-26-20(16-28(21)24)19-10-7-6-9-17(19)3/h6-7,9-12,15-16H,4-5,8,13-14H2,1-3H3,(H,25,29). The predicted octanol–water partition coefficient (Wildman–Crippen LogP) is 4.99. The van der Waals surface area contributed by atoms with Crippen molar-refractivity contribution in [3.8, 4) is 11.3 Å². The molecular weight excluding hydrogens is 392 g/mol. The van der Waals surface area contributed by atoms with Crippen LogP contribution in [0.3, 0.4) is 0 Å². The van der Waals surface area contributed by atoms with E-state index in [4.69, 9.17) is 4.98 Å². The highest BCUT2D eigenvalue weighted by molar-refractivity contribution is 7.23. The van der Waals surface area contributed by atoms with Gasteiger partial charge in [-0.1, -0.05) is 49.4 Å². The average Bonchev–Trinajstić information content (AvgIpc) is 3.31. The number of benzene rings is 2. The third kappa shape index (κ3) is 4.11. The van der Waals surface area contributed by atoms with Gasteiger partial charge in [-0.05, 0) is 56.7 Å². The summed E-state index contributed by atoms with van der Waals surface area (Å²) in [5, 5.41) is 3.05. The molecule has 0 unspecified atom stereocenters. The third-order valence-electron chi connectivity index (χ3n) is 5.61. The minimum absolute atomic E-state index is 0.0110. The molecule has 4 aromatic rings. The Balaban J connectivity index is 1.49. The quantitative estimate of drug-likeness (QED) is 0.409. The second kappa shape index (κ2) is 8.98. The van der Waals surface area contributed by atoms with Gasteiger partial charge in [0.1, 0.15) is 0 Å². The molecule has 6 heteroatoms. The van der Waals surface area contributed by atoms with Crippen LogP contribution in [-0.4, -0.2) is 46.4 Å². The van der Waals surface area contributed by atoms with Crippen LogP contribution in [0.4, 0.5) is 0 Å². The van der Waals surface area contributed by atoms with E-state index in [0.717, 1.165) is 52.5 Å². The summed E-state index contributed by atoms with van der Waals surface area (Å²) in [5.74, 6) is -0.0110. The number of rotatable bonds is 8. The first-order valence-electron chi connectivity index (χ1n) is 10.6. The van der Waals surface area contributed by atoms with Crippen LogP contribution in [0.2, 0.25) is 0 Å². The smallest absolute Gasteiger partial charge is 0.251 e. The molecule has 4 rings (SSSR count). The number of nitrogens with one attached hydrogen (secondary N) is 1. The molecule has 156 valence electrons. The van der Waals surface area contributed by atoms with Gasteiger partial charge >= 0.3 is 0 Å². The maximum Gasteiger partial charge on any atom is 0.251 e. The van der Waals surface area contributed by atoms with Crippen LogP contribution < -0.4 is 5.32 Å². The number of nitrogens with zero attached hydrogens (tertiary/aromatic N) is 3. The van der Waals surface area contributed by atoms with Crippen LogP contribution in [0.15, 0.2) is 48.7 Å². The zero-order valence-corrected chi connectivity index (χ0v) is 18.6. The highest BCUT2D eigenvalue weighted by Gasteiger charge is 2.13. The van der Waals surface area contributed by atoms with Crippen LogP contribution in [0.25, 0.3) is 26.4 Å². The van der Waals surface area contributed by atoms with Crippen molar-refractivity contribution < 1.29 is 4.79 Å². The monoisotopic (exact) mass is 420 g/mol. The molecule has 0 aliphatic rings. The summed E-state index contributed by atoms with van der Waals surface area (Å²) in [6.07, 6.45) is 3.05. The highest BCUT2D eigenvalue weighted by Crippen LogP contribution is 2.31. The van der Waals surface area contributed by atoms with Gasteiger partial charge in [-0.15, -0.1) is 0 Å². The molecule has 1 amide bonds. The zero-order valence-electron chi connectivity index (χ0n) is 17.8. The molecule has 0 atom stereocenters. The summed E-state index contributed by atoms with van der Waals surface area (Å²) in [7, 11) is 0. The molecule has 0 radical (unpaired) electrons. The summed E-state index contributed by atoms with van der Waals surface area (Å²) < 4.78 is 3.19. The van der Waals surface area contributed by atoms with Crippen molar-refractivity contribution in [2.75, 3.05) is 26.2 Å². The molecule has 0 aliphatic heterocycles. The fourth-order valence-corrected chi connectivity index (χ4v) is 4.83. The maximum absolute atomic E-state index is 12.6. The number of carbonyl (C=O) groups excluding carboxylic acids is 1. The lowest BCUT2D eigenvalue weighted by molar-refractivity contribution is 0.0952. The van der Waals surface area contributed by atoms with E-state index < -0.39 is 0 Å². The molecule has 0 fully saturated rings. The molecule has 30 heavy (non-hydrogen) atoms. The fourth-order valence-electron chi connectivity index (χ4n) is 3.78. The Morgan fingerprint density at radius 2 is 1.97 bits per heavy atom. The largest absolute Gasteiger partial charge is 0.352 e. The van der Waals surface area contributed by atoms with Crippen molar-refractivity contribution in [2.24, 2.45) is 0 Å². The Labute approximate surface area is 181 Å². The van der Waals surface area contributed by atoms with E-state index in [0.29, 0.717) is 12.1 Å². The lowest BCUT2D eigenvalue weighted by atomic mass is 10.1. The van der Waals surface area contributed by atoms with Crippen LogP contribution in [0, 0.1) is 6.92 Å². The number of fused-ring (bicyclic) bond motifs is 3. The zero-order chi connectivity index (χ0) is 21.1. The molecule has 2 heterocycles. The van der Waals surface area contributed by atoms with Gasteiger partial charge < -0.3 is 10.2 Å². The van der Waals surface area contributed by atoms with Gasteiger partial charge in [-0.25, -0.2) is 4.98 Å². The van der Waals surface area contributed by atoms with Gasteiger partial charge in [0, 0.05) is 23.9 Å². The molecule has 0 saturated carbocycles. The topological polar surface area (TPSA) is 49.6 Å². The van der Waals surface area contributed by atoms with E-state index in [2.05, 4.69) is 53.7 Å². The molecule has 5 nitrogen and oxygen atoms in total. The SMILES string of the molecule is CCN(CC)CCCNC(=O)c1ccc2c(c1)sc1nc(-c3ccccc3C)cn12. The van der Waals surface area contributed by atoms with Gasteiger partial charge in [0.2, 0.25) is 0 Å². The Morgan fingerprint density at radius 1 is 1.17 bits per heavy atom. The van der Waals surface area contributed by atoms with Crippen molar-refractivity contribution in [2.45, 2.75) is 27.2 Å². The number of carbonyl (C=O) groups is 1. The van der Waals surface area contributed by atoms with Gasteiger partial charge in [-0.2, -0.15) is 0 Å². The van der Waals surface area contributed by atoms with Crippen LogP contribution >= 0.6 is 11.3 Å². The maximum atomic E-state index is 12.6.